The Bertz CT molecular complexity index is 1170. The summed E-state index contributed by atoms with van der Waals surface area (Å²) >= 11 is 0. The molecule has 1 amide bonds. The zero-order valence-electron chi connectivity index (χ0n) is 16.6. The second kappa shape index (κ2) is 7.75. The van der Waals surface area contributed by atoms with Gasteiger partial charge in [0.1, 0.15) is 5.75 Å². The highest BCUT2D eigenvalue weighted by molar-refractivity contribution is 6.12. The minimum atomic E-state index is -0.194. The van der Waals surface area contributed by atoms with E-state index in [2.05, 4.69) is 15.4 Å². The van der Waals surface area contributed by atoms with Crippen LogP contribution in [0.1, 0.15) is 28.7 Å². The summed E-state index contributed by atoms with van der Waals surface area (Å²) in [6.45, 7) is 6.31. The molecule has 0 saturated heterocycles. The number of carbonyl (C=O) groups is 1. The van der Waals surface area contributed by atoms with Crippen LogP contribution in [0.2, 0.25) is 0 Å². The maximum absolute atomic E-state index is 13.1. The molecule has 0 saturated carbocycles. The molecule has 0 fully saturated rings. The number of hydrogen-bond donors (Lipinski definition) is 1. The van der Waals surface area contributed by atoms with Crippen LogP contribution in [0.25, 0.3) is 16.7 Å². The maximum atomic E-state index is 13.1. The topological polar surface area (TPSA) is 69.0 Å². The lowest BCUT2D eigenvalue weighted by Gasteiger charge is -2.09. The van der Waals surface area contributed by atoms with Crippen molar-refractivity contribution >= 4 is 22.6 Å². The monoisotopic (exact) mass is 386 g/mol. The first kappa shape index (κ1) is 18.7. The summed E-state index contributed by atoms with van der Waals surface area (Å²) in [5.41, 5.74) is 4.35. The van der Waals surface area contributed by atoms with Crippen LogP contribution < -0.4 is 10.1 Å². The Morgan fingerprint density at radius 1 is 1.07 bits per heavy atom. The lowest BCUT2D eigenvalue weighted by atomic mass is 10.1. The summed E-state index contributed by atoms with van der Waals surface area (Å²) in [4.78, 5) is 17.7. The van der Waals surface area contributed by atoms with E-state index in [1.54, 1.807) is 10.7 Å². The van der Waals surface area contributed by atoms with Gasteiger partial charge in [0.05, 0.1) is 28.9 Å². The SMILES string of the molecule is CCOc1ccc(NC(=O)c2cc(C)nc3c2c(C)nn3-c2ccccc2)cc1. The van der Waals surface area contributed by atoms with Gasteiger partial charge in [-0.2, -0.15) is 5.10 Å². The number of hydrogen-bond acceptors (Lipinski definition) is 4. The smallest absolute Gasteiger partial charge is 0.256 e. The second-order valence-corrected chi connectivity index (χ2v) is 6.75. The van der Waals surface area contributed by atoms with Crippen molar-refractivity contribution in [1.29, 1.82) is 0 Å². The molecule has 6 nitrogen and oxygen atoms in total. The van der Waals surface area contributed by atoms with E-state index < -0.39 is 0 Å². The molecule has 4 aromatic rings. The van der Waals surface area contributed by atoms with Gasteiger partial charge in [0.2, 0.25) is 0 Å². The van der Waals surface area contributed by atoms with E-state index in [1.165, 1.54) is 0 Å². The molecule has 2 aromatic heterocycles. The average Bonchev–Trinajstić information content (AvgIpc) is 3.06. The Kier molecular flexibility index (Phi) is 4.99. The molecule has 0 aliphatic heterocycles. The zero-order chi connectivity index (χ0) is 20.4. The van der Waals surface area contributed by atoms with Crippen molar-refractivity contribution in [1.82, 2.24) is 14.8 Å². The molecule has 2 aromatic carbocycles. The molecule has 2 heterocycles. The molecule has 4 rings (SSSR count). The van der Waals surface area contributed by atoms with Crippen molar-refractivity contribution in [3.8, 4) is 11.4 Å². The van der Waals surface area contributed by atoms with Crippen molar-refractivity contribution in [2.24, 2.45) is 0 Å². The van der Waals surface area contributed by atoms with Gasteiger partial charge >= 0.3 is 0 Å². The van der Waals surface area contributed by atoms with Gasteiger partial charge in [0.15, 0.2) is 5.65 Å². The highest BCUT2D eigenvalue weighted by Gasteiger charge is 2.19. The first-order chi connectivity index (χ1) is 14.1. The van der Waals surface area contributed by atoms with Crippen molar-refractivity contribution in [3.05, 3.63) is 77.6 Å². The molecule has 0 radical (unpaired) electrons. The fourth-order valence-corrected chi connectivity index (χ4v) is 3.34. The highest BCUT2D eigenvalue weighted by Crippen LogP contribution is 2.26. The summed E-state index contributed by atoms with van der Waals surface area (Å²) in [6.07, 6.45) is 0. The zero-order valence-corrected chi connectivity index (χ0v) is 16.6. The Morgan fingerprint density at radius 2 is 1.79 bits per heavy atom. The molecule has 0 bridgehead atoms. The lowest BCUT2D eigenvalue weighted by Crippen LogP contribution is -2.13. The number of ether oxygens (including phenoxy) is 1. The van der Waals surface area contributed by atoms with Gasteiger partial charge in [-0.3, -0.25) is 4.79 Å². The van der Waals surface area contributed by atoms with Crippen molar-refractivity contribution in [2.75, 3.05) is 11.9 Å². The number of para-hydroxylation sites is 1. The number of fused-ring (bicyclic) bond motifs is 1. The van der Waals surface area contributed by atoms with Gasteiger partial charge in [0.25, 0.3) is 5.91 Å². The molecule has 6 heteroatoms. The van der Waals surface area contributed by atoms with Crippen LogP contribution in [0.4, 0.5) is 5.69 Å². The summed E-state index contributed by atoms with van der Waals surface area (Å²) in [7, 11) is 0. The number of rotatable bonds is 5. The molecule has 29 heavy (non-hydrogen) atoms. The average molecular weight is 386 g/mol. The third kappa shape index (κ3) is 3.69. The first-order valence-electron chi connectivity index (χ1n) is 9.53. The van der Waals surface area contributed by atoms with Crippen LogP contribution in [0, 0.1) is 13.8 Å². The Hall–Kier alpha value is -3.67. The van der Waals surface area contributed by atoms with E-state index in [1.807, 2.05) is 75.4 Å². The molecular formula is C23H22N4O2. The van der Waals surface area contributed by atoms with Crippen LogP contribution in [0.15, 0.2) is 60.7 Å². The van der Waals surface area contributed by atoms with Crippen molar-refractivity contribution < 1.29 is 9.53 Å². The predicted molar refractivity (Wildman–Crippen MR) is 114 cm³/mol. The third-order valence-corrected chi connectivity index (χ3v) is 4.61. The van der Waals surface area contributed by atoms with Gasteiger partial charge in [-0.1, -0.05) is 18.2 Å². The number of aryl methyl sites for hydroxylation is 2. The van der Waals surface area contributed by atoms with Gasteiger partial charge in [-0.25, -0.2) is 9.67 Å². The largest absolute Gasteiger partial charge is 0.494 e. The molecule has 0 aliphatic carbocycles. The van der Waals surface area contributed by atoms with E-state index >= 15 is 0 Å². The summed E-state index contributed by atoms with van der Waals surface area (Å²) in [6, 6.07) is 18.9. The van der Waals surface area contributed by atoms with Crippen molar-refractivity contribution in [3.63, 3.8) is 0 Å². The number of carbonyl (C=O) groups excluding carboxylic acids is 1. The molecule has 0 spiro atoms. The second-order valence-electron chi connectivity index (χ2n) is 6.75. The van der Waals surface area contributed by atoms with Gasteiger partial charge in [-0.15, -0.1) is 0 Å². The van der Waals surface area contributed by atoms with E-state index in [9.17, 15) is 4.79 Å². The number of nitrogens with one attached hydrogen (secondary N) is 1. The molecule has 146 valence electrons. The van der Waals surface area contributed by atoms with Crippen LogP contribution >= 0.6 is 0 Å². The Labute approximate surface area is 169 Å². The fraction of sp³-hybridized carbons (Fsp3) is 0.174. The minimum absolute atomic E-state index is 0.194. The fourth-order valence-electron chi connectivity index (χ4n) is 3.34. The number of benzene rings is 2. The van der Waals surface area contributed by atoms with Crippen LogP contribution in [-0.2, 0) is 0 Å². The molecular weight excluding hydrogens is 364 g/mol. The summed E-state index contributed by atoms with van der Waals surface area (Å²) in [5, 5.41) is 8.36. The van der Waals surface area contributed by atoms with Crippen LogP contribution in [0.3, 0.4) is 0 Å². The van der Waals surface area contributed by atoms with E-state index in [-0.39, 0.29) is 5.91 Å². The standard InChI is InChI=1S/C23H22N4O2/c1-4-29-19-12-10-17(11-13-19)25-23(28)20-14-15(2)24-22-21(20)16(3)26-27(22)18-8-6-5-7-9-18/h5-14H,4H2,1-3H3,(H,25,28). The van der Waals surface area contributed by atoms with Crippen LogP contribution in [-0.4, -0.2) is 27.3 Å². The molecule has 1 N–H and O–H groups in total. The third-order valence-electron chi connectivity index (χ3n) is 4.61. The van der Waals surface area contributed by atoms with Gasteiger partial charge in [-0.05, 0) is 63.2 Å². The number of anilines is 1. The highest BCUT2D eigenvalue weighted by atomic mass is 16.5. The minimum Gasteiger partial charge on any atom is -0.494 e. The van der Waals surface area contributed by atoms with Crippen molar-refractivity contribution in [2.45, 2.75) is 20.8 Å². The van der Waals surface area contributed by atoms with E-state index in [0.29, 0.717) is 23.5 Å². The number of amides is 1. The molecule has 0 unspecified atom stereocenters. The van der Waals surface area contributed by atoms with Crippen LogP contribution in [0.5, 0.6) is 5.75 Å². The maximum Gasteiger partial charge on any atom is 0.256 e. The number of aromatic nitrogens is 3. The van der Waals surface area contributed by atoms with E-state index in [0.717, 1.165) is 28.2 Å². The summed E-state index contributed by atoms with van der Waals surface area (Å²) < 4.78 is 7.24. The molecule has 0 atom stereocenters. The van der Waals surface area contributed by atoms with E-state index in [4.69, 9.17) is 4.74 Å². The first-order valence-corrected chi connectivity index (χ1v) is 9.53. The Balaban J connectivity index is 1.73. The Morgan fingerprint density at radius 3 is 2.48 bits per heavy atom. The lowest BCUT2D eigenvalue weighted by molar-refractivity contribution is 0.102. The number of nitrogens with zero attached hydrogens (tertiary/aromatic N) is 3. The van der Waals surface area contributed by atoms with Gasteiger partial charge in [0, 0.05) is 11.4 Å². The molecule has 0 aliphatic rings. The number of pyridine rings is 1. The normalized spacial score (nSPS) is 10.9. The summed E-state index contributed by atoms with van der Waals surface area (Å²) in [5.74, 6) is 0.577. The predicted octanol–water partition coefficient (Wildman–Crippen LogP) is 4.69. The van der Waals surface area contributed by atoms with Gasteiger partial charge < -0.3 is 10.1 Å². The quantitative estimate of drug-likeness (QED) is 0.540.